The molecule has 1 aliphatic heterocycles. The second-order valence-electron chi connectivity index (χ2n) is 8.19. The minimum absolute atomic E-state index is 0.213. The maximum atomic E-state index is 13.2. The third-order valence-corrected chi connectivity index (χ3v) is 8.26. The highest BCUT2D eigenvalue weighted by atomic mass is 32.2. The van der Waals surface area contributed by atoms with E-state index in [4.69, 9.17) is 6.57 Å². The SMILES string of the molecule is [C-]#[N+]c1cnc2c(ccn2S(=O)(=O)c2ccccc2)c1N(C)C1C[C@H]2CNC[C@H]2C1. The van der Waals surface area contributed by atoms with Gasteiger partial charge in [-0.25, -0.2) is 22.2 Å². The lowest BCUT2D eigenvalue weighted by atomic mass is 10.0. The maximum absolute atomic E-state index is 13.2. The van der Waals surface area contributed by atoms with Crippen molar-refractivity contribution >= 4 is 32.4 Å². The van der Waals surface area contributed by atoms with Gasteiger partial charge >= 0.3 is 0 Å². The van der Waals surface area contributed by atoms with Gasteiger partial charge in [0, 0.05) is 30.9 Å². The first-order chi connectivity index (χ1) is 14.5. The van der Waals surface area contributed by atoms with Gasteiger partial charge in [-0.2, -0.15) is 0 Å². The van der Waals surface area contributed by atoms with Gasteiger partial charge in [0.05, 0.1) is 17.2 Å². The molecule has 1 N–H and O–H groups in total. The molecule has 8 heteroatoms. The summed E-state index contributed by atoms with van der Waals surface area (Å²) in [4.78, 5) is 10.4. The van der Waals surface area contributed by atoms with Gasteiger partial charge in [-0.1, -0.05) is 18.2 Å². The lowest BCUT2D eigenvalue weighted by Crippen LogP contribution is -2.31. The highest BCUT2D eigenvalue weighted by Gasteiger charge is 2.39. The largest absolute Gasteiger partial charge is 0.380 e. The topological polar surface area (TPSA) is 71.6 Å². The predicted octanol–water partition coefficient (Wildman–Crippen LogP) is 3.26. The lowest BCUT2D eigenvalue weighted by Gasteiger charge is -2.29. The number of aromatic nitrogens is 2. The van der Waals surface area contributed by atoms with E-state index in [1.165, 1.54) is 10.2 Å². The number of nitrogens with one attached hydrogen (secondary N) is 1. The monoisotopic (exact) mass is 421 g/mol. The molecular weight excluding hydrogens is 398 g/mol. The van der Waals surface area contributed by atoms with E-state index in [1.54, 1.807) is 42.6 Å². The van der Waals surface area contributed by atoms with Gasteiger partial charge in [0.25, 0.3) is 10.0 Å². The van der Waals surface area contributed by atoms with Crippen LogP contribution in [0, 0.1) is 18.4 Å². The molecule has 0 amide bonds. The molecule has 154 valence electrons. The fourth-order valence-electron chi connectivity index (χ4n) is 5.02. The molecular formula is C22H23N5O2S. The van der Waals surface area contributed by atoms with E-state index in [-0.39, 0.29) is 4.90 Å². The van der Waals surface area contributed by atoms with Gasteiger partial charge in [0.1, 0.15) is 0 Å². The molecule has 0 bridgehead atoms. The van der Waals surface area contributed by atoms with Gasteiger partial charge < -0.3 is 10.2 Å². The molecule has 3 aromatic rings. The summed E-state index contributed by atoms with van der Waals surface area (Å²) in [6.07, 6.45) is 5.20. The quantitative estimate of drug-likeness (QED) is 0.655. The minimum atomic E-state index is -3.77. The van der Waals surface area contributed by atoms with Crippen LogP contribution in [-0.2, 0) is 10.0 Å². The molecule has 1 saturated carbocycles. The average Bonchev–Trinajstić information content (AvgIpc) is 3.47. The molecule has 7 nitrogen and oxygen atoms in total. The zero-order valence-corrected chi connectivity index (χ0v) is 17.5. The Morgan fingerprint density at radius 3 is 2.53 bits per heavy atom. The van der Waals surface area contributed by atoms with E-state index >= 15 is 0 Å². The van der Waals surface area contributed by atoms with E-state index in [9.17, 15) is 8.42 Å². The first-order valence-corrected chi connectivity index (χ1v) is 11.6. The van der Waals surface area contributed by atoms with E-state index in [0.717, 1.165) is 31.6 Å². The Hall–Kier alpha value is -2.89. The van der Waals surface area contributed by atoms with Gasteiger partial charge in [0.2, 0.25) is 5.69 Å². The minimum Gasteiger partial charge on any atom is -0.380 e. The number of nitrogens with zero attached hydrogens (tertiary/aromatic N) is 4. The molecule has 2 aromatic heterocycles. The highest BCUT2D eigenvalue weighted by Crippen LogP contribution is 2.43. The predicted molar refractivity (Wildman–Crippen MR) is 116 cm³/mol. The molecule has 0 radical (unpaired) electrons. The fraction of sp³-hybridized carbons (Fsp3) is 0.364. The van der Waals surface area contributed by atoms with Crippen molar-refractivity contribution in [3.8, 4) is 0 Å². The van der Waals surface area contributed by atoms with Gasteiger partial charge in [-0.15, -0.1) is 0 Å². The van der Waals surface area contributed by atoms with Crippen LogP contribution in [0.4, 0.5) is 11.4 Å². The lowest BCUT2D eigenvalue weighted by molar-refractivity contribution is 0.494. The highest BCUT2D eigenvalue weighted by molar-refractivity contribution is 7.90. The summed E-state index contributed by atoms with van der Waals surface area (Å²) in [6.45, 7) is 9.75. The summed E-state index contributed by atoms with van der Waals surface area (Å²) >= 11 is 0. The number of hydrogen-bond donors (Lipinski definition) is 1. The summed E-state index contributed by atoms with van der Waals surface area (Å²) in [5.41, 5.74) is 1.58. The van der Waals surface area contributed by atoms with Crippen molar-refractivity contribution < 1.29 is 8.42 Å². The fourth-order valence-corrected chi connectivity index (χ4v) is 6.35. The Morgan fingerprint density at radius 1 is 1.17 bits per heavy atom. The number of pyridine rings is 1. The van der Waals surface area contributed by atoms with Gasteiger partial charge in [-0.05, 0) is 56.0 Å². The first kappa shape index (κ1) is 19.1. The summed E-state index contributed by atoms with van der Waals surface area (Å²) in [5.74, 6) is 1.35. The molecule has 2 fully saturated rings. The van der Waals surface area contributed by atoms with Crippen molar-refractivity contribution in [1.29, 1.82) is 0 Å². The third-order valence-electron chi connectivity index (χ3n) is 6.58. The summed E-state index contributed by atoms with van der Waals surface area (Å²) in [6, 6.07) is 10.4. The number of hydrogen-bond acceptors (Lipinski definition) is 5. The van der Waals surface area contributed by atoms with E-state index in [1.807, 2.05) is 7.05 Å². The molecule has 0 spiro atoms. The second-order valence-corrected chi connectivity index (χ2v) is 10.0. The maximum Gasteiger partial charge on any atom is 0.269 e. The molecule has 3 atom stereocenters. The molecule has 30 heavy (non-hydrogen) atoms. The number of benzene rings is 1. The molecule has 1 aliphatic carbocycles. The molecule has 1 unspecified atom stereocenters. The van der Waals surface area contributed by atoms with Crippen molar-refractivity contribution in [3.63, 3.8) is 0 Å². The van der Waals surface area contributed by atoms with Crippen molar-refractivity contribution in [2.45, 2.75) is 23.8 Å². The number of fused-ring (bicyclic) bond motifs is 2. The molecule has 1 aromatic carbocycles. The molecule has 3 heterocycles. The standard InChI is InChI=1S/C22H23N5O2S/c1-23-20-14-25-22-19(8-9-27(22)30(28,29)18-6-4-3-5-7-18)21(20)26(2)17-10-15-12-24-13-16(15)11-17/h3-9,14-17,24H,10-13H2,2H3/t15-,16+,17?. The van der Waals surface area contributed by atoms with Crippen LogP contribution < -0.4 is 10.2 Å². The van der Waals surface area contributed by atoms with Crippen LogP contribution in [0.1, 0.15) is 12.8 Å². The van der Waals surface area contributed by atoms with Crippen molar-refractivity contribution in [3.05, 3.63) is 60.2 Å². The number of anilines is 1. The average molecular weight is 422 g/mol. The first-order valence-electron chi connectivity index (χ1n) is 10.1. The normalized spacial score (nSPS) is 23.4. The van der Waals surface area contributed by atoms with E-state index in [0.29, 0.717) is 34.6 Å². The van der Waals surface area contributed by atoms with E-state index in [2.05, 4.69) is 20.0 Å². The molecule has 2 aliphatic rings. The zero-order valence-electron chi connectivity index (χ0n) is 16.7. The summed E-state index contributed by atoms with van der Waals surface area (Å²) < 4.78 is 27.6. The van der Waals surface area contributed by atoms with Crippen LogP contribution in [0.25, 0.3) is 15.9 Å². The second kappa shape index (κ2) is 7.11. The Morgan fingerprint density at radius 2 is 1.87 bits per heavy atom. The summed E-state index contributed by atoms with van der Waals surface area (Å²) in [7, 11) is -1.75. The zero-order chi connectivity index (χ0) is 20.9. The molecule has 1 saturated heterocycles. The van der Waals surface area contributed by atoms with Crippen LogP contribution in [0.3, 0.4) is 0 Å². The molecule has 5 rings (SSSR count). The number of rotatable bonds is 4. The third kappa shape index (κ3) is 2.89. The van der Waals surface area contributed by atoms with Gasteiger partial charge in [-0.3, -0.25) is 0 Å². The van der Waals surface area contributed by atoms with Gasteiger partial charge in [0.15, 0.2) is 5.65 Å². The van der Waals surface area contributed by atoms with Crippen LogP contribution in [-0.4, -0.2) is 43.6 Å². The Balaban J connectivity index is 1.60. The Kier molecular flexibility index (Phi) is 4.53. The Bertz CT molecular complexity index is 1230. The van der Waals surface area contributed by atoms with Crippen molar-refractivity contribution in [1.82, 2.24) is 14.3 Å². The van der Waals surface area contributed by atoms with Crippen LogP contribution >= 0.6 is 0 Å². The van der Waals surface area contributed by atoms with E-state index < -0.39 is 10.0 Å². The van der Waals surface area contributed by atoms with Crippen molar-refractivity contribution in [2.75, 3.05) is 25.0 Å². The van der Waals surface area contributed by atoms with Crippen LogP contribution in [0.15, 0.2) is 53.7 Å². The van der Waals surface area contributed by atoms with Crippen molar-refractivity contribution in [2.24, 2.45) is 11.8 Å². The smallest absolute Gasteiger partial charge is 0.269 e. The van der Waals surface area contributed by atoms with Crippen LogP contribution in [0.2, 0.25) is 0 Å². The van der Waals surface area contributed by atoms with Crippen LogP contribution in [0.5, 0.6) is 0 Å². The Labute approximate surface area is 176 Å². The summed E-state index contributed by atoms with van der Waals surface area (Å²) in [5, 5.41) is 4.16.